The first kappa shape index (κ1) is 21.9. The molecule has 4 rings (SSSR count). The fraction of sp³-hybridized carbons (Fsp3) is 0.522. The first-order chi connectivity index (χ1) is 14.9. The summed E-state index contributed by atoms with van der Waals surface area (Å²) in [6.45, 7) is 6.66. The highest BCUT2D eigenvalue weighted by Crippen LogP contribution is 2.36. The van der Waals surface area contributed by atoms with Gasteiger partial charge in [0.1, 0.15) is 11.4 Å². The number of piperidine rings is 1. The molecular formula is C23H29FN4O2S. The van der Waals surface area contributed by atoms with Crippen molar-refractivity contribution in [2.24, 2.45) is 5.92 Å². The van der Waals surface area contributed by atoms with Crippen LogP contribution >= 0.6 is 11.3 Å². The van der Waals surface area contributed by atoms with Gasteiger partial charge in [0, 0.05) is 24.4 Å². The number of hydrogen-bond donors (Lipinski definition) is 1. The number of urea groups is 1. The number of halogens is 1. The summed E-state index contributed by atoms with van der Waals surface area (Å²) < 4.78 is 13.5. The Morgan fingerprint density at radius 2 is 2.06 bits per heavy atom. The molecule has 166 valence electrons. The Morgan fingerprint density at radius 3 is 2.71 bits per heavy atom. The van der Waals surface area contributed by atoms with Crippen LogP contribution in [0.2, 0.25) is 0 Å². The zero-order valence-electron chi connectivity index (χ0n) is 18.1. The lowest BCUT2D eigenvalue weighted by Gasteiger charge is -2.40. The number of aryl methyl sites for hydroxylation is 1. The second-order valence-electron chi connectivity index (χ2n) is 8.50. The molecule has 1 aromatic heterocycles. The summed E-state index contributed by atoms with van der Waals surface area (Å²) in [5, 5.41) is 3.06. The summed E-state index contributed by atoms with van der Waals surface area (Å²) in [6.07, 6.45) is 2.89. The second kappa shape index (κ2) is 9.04. The Labute approximate surface area is 186 Å². The van der Waals surface area contributed by atoms with Gasteiger partial charge in [0.05, 0.1) is 11.2 Å². The van der Waals surface area contributed by atoms with Crippen LogP contribution in [0.4, 0.5) is 9.18 Å². The minimum Gasteiger partial charge on any atom is -0.323 e. The minimum absolute atomic E-state index is 0.0919. The fourth-order valence-electron chi connectivity index (χ4n) is 4.91. The lowest BCUT2D eigenvalue weighted by molar-refractivity contribution is -0.134. The third-order valence-electron chi connectivity index (χ3n) is 6.75. The number of carbonyl (C=O) groups excluding carboxylic acids is 2. The maximum Gasteiger partial charge on any atom is 0.325 e. The van der Waals surface area contributed by atoms with Crippen LogP contribution in [0.1, 0.15) is 42.3 Å². The lowest BCUT2D eigenvalue weighted by Crippen LogP contribution is -2.55. The normalized spacial score (nSPS) is 22.9. The van der Waals surface area contributed by atoms with Gasteiger partial charge in [0.15, 0.2) is 0 Å². The number of nitrogens with zero attached hydrogens (tertiary/aromatic N) is 3. The summed E-state index contributed by atoms with van der Waals surface area (Å²) in [5.74, 6) is -0.205. The van der Waals surface area contributed by atoms with E-state index in [1.165, 1.54) is 11.0 Å². The Hall–Kier alpha value is -2.32. The number of amides is 3. The number of imide groups is 1. The van der Waals surface area contributed by atoms with Crippen LogP contribution in [0, 0.1) is 18.7 Å². The minimum atomic E-state index is -0.815. The van der Waals surface area contributed by atoms with Crippen molar-refractivity contribution in [3.05, 3.63) is 51.7 Å². The SMILES string of the molecule is CCC1(C2CCN(Cc3cccc(F)c3)CC2)NC(=O)N(CCc2scnc2C)C1=O. The van der Waals surface area contributed by atoms with Crippen molar-refractivity contribution in [3.63, 3.8) is 0 Å². The Bertz CT molecular complexity index is 957. The van der Waals surface area contributed by atoms with Crippen LogP contribution in [0.3, 0.4) is 0 Å². The van der Waals surface area contributed by atoms with Crippen molar-refractivity contribution in [1.29, 1.82) is 0 Å². The zero-order valence-corrected chi connectivity index (χ0v) is 18.9. The first-order valence-electron chi connectivity index (χ1n) is 10.9. The predicted octanol–water partition coefficient (Wildman–Crippen LogP) is 3.75. The molecule has 0 aliphatic carbocycles. The molecule has 2 aromatic rings. The summed E-state index contributed by atoms with van der Waals surface area (Å²) in [4.78, 5) is 35.2. The molecule has 31 heavy (non-hydrogen) atoms. The molecule has 0 saturated carbocycles. The first-order valence-corrected chi connectivity index (χ1v) is 11.8. The van der Waals surface area contributed by atoms with Crippen LogP contribution in [0.25, 0.3) is 0 Å². The molecule has 3 amide bonds. The number of benzene rings is 1. The average molecular weight is 445 g/mol. The molecule has 1 aromatic carbocycles. The number of hydrogen-bond acceptors (Lipinski definition) is 5. The van der Waals surface area contributed by atoms with Crippen LogP contribution < -0.4 is 5.32 Å². The maximum atomic E-state index is 13.5. The van der Waals surface area contributed by atoms with E-state index >= 15 is 0 Å². The van der Waals surface area contributed by atoms with Crippen molar-refractivity contribution in [2.45, 2.75) is 51.6 Å². The highest BCUT2D eigenvalue weighted by molar-refractivity contribution is 7.09. The van der Waals surface area contributed by atoms with Gasteiger partial charge in [-0.1, -0.05) is 19.1 Å². The molecule has 0 bridgehead atoms. The van der Waals surface area contributed by atoms with Gasteiger partial charge in [-0.3, -0.25) is 14.6 Å². The summed E-state index contributed by atoms with van der Waals surface area (Å²) in [6, 6.07) is 6.42. The van der Waals surface area contributed by atoms with Gasteiger partial charge in [0.2, 0.25) is 0 Å². The third kappa shape index (κ3) is 4.36. The zero-order chi connectivity index (χ0) is 22.0. The van der Waals surface area contributed by atoms with Gasteiger partial charge in [0.25, 0.3) is 5.91 Å². The van der Waals surface area contributed by atoms with Crippen molar-refractivity contribution in [3.8, 4) is 0 Å². The van der Waals surface area contributed by atoms with E-state index in [9.17, 15) is 14.0 Å². The largest absolute Gasteiger partial charge is 0.325 e. The number of thiazole rings is 1. The molecule has 2 saturated heterocycles. The molecule has 1 atom stereocenters. The molecule has 8 heteroatoms. The van der Waals surface area contributed by atoms with Crippen LogP contribution in [-0.4, -0.2) is 51.9 Å². The maximum absolute atomic E-state index is 13.5. The van der Waals surface area contributed by atoms with Gasteiger partial charge in [-0.25, -0.2) is 14.2 Å². The summed E-state index contributed by atoms with van der Waals surface area (Å²) in [5.41, 5.74) is 2.90. The van der Waals surface area contributed by atoms with Crippen molar-refractivity contribution >= 4 is 23.3 Å². The van der Waals surface area contributed by atoms with E-state index in [4.69, 9.17) is 0 Å². The molecule has 3 heterocycles. The Kier molecular flexibility index (Phi) is 6.39. The monoisotopic (exact) mass is 444 g/mol. The molecule has 2 aliphatic heterocycles. The van der Waals surface area contributed by atoms with Crippen molar-refractivity contribution < 1.29 is 14.0 Å². The molecule has 1 unspecified atom stereocenters. The molecule has 6 nitrogen and oxygen atoms in total. The highest BCUT2D eigenvalue weighted by atomic mass is 32.1. The number of nitrogens with one attached hydrogen (secondary N) is 1. The topological polar surface area (TPSA) is 65.5 Å². The molecule has 1 N–H and O–H groups in total. The number of carbonyl (C=O) groups is 2. The van der Waals surface area contributed by atoms with E-state index in [0.29, 0.717) is 25.9 Å². The fourth-order valence-corrected chi connectivity index (χ4v) is 5.68. The summed E-state index contributed by atoms with van der Waals surface area (Å²) in [7, 11) is 0. The molecule has 2 fully saturated rings. The number of likely N-dealkylation sites (tertiary alicyclic amines) is 1. The Morgan fingerprint density at radius 1 is 1.29 bits per heavy atom. The van der Waals surface area contributed by atoms with E-state index in [1.54, 1.807) is 29.0 Å². The number of aromatic nitrogens is 1. The van der Waals surface area contributed by atoms with Crippen LogP contribution in [-0.2, 0) is 17.8 Å². The van der Waals surface area contributed by atoms with Crippen molar-refractivity contribution in [2.75, 3.05) is 19.6 Å². The predicted molar refractivity (Wildman–Crippen MR) is 118 cm³/mol. The molecule has 0 spiro atoms. The Balaban J connectivity index is 1.39. The van der Waals surface area contributed by atoms with Crippen molar-refractivity contribution in [1.82, 2.24) is 20.1 Å². The van der Waals surface area contributed by atoms with Crippen LogP contribution in [0.15, 0.2) is 29.8 Å². The highest BCUT2D eigenvalue weighted by Gasteiger charge is 2.54. The van der Waals surface area contributed by atoms with E-state index in [2.05, 4.69) is 15.2 Å². The summed E-state index contributed by atoms with van der Waals surface area (Å²) >= 11 is 1.56. The average Bonchev–Trinajstić information content (AvgIpc) is 3.27. The molecule has 2 aliphatic rings. The van der Waals surface area contributed by atoms with Gasteiger partial charge < -0.3 is 5.32 Å². The van der Waals surface area contributed by atoms with Gasteiger partial charge in [-0.15, -0.1) is 11.3 Å². The van der Waals surface area contributed by atoms with Gasteiger partial charge >= 0.3 is 6.03 Å². The number of rotatable bonds is 7. The van der Waals surface area contributed by atoms with E-state index in [1.807, 2.05) is 19.9 Å². The van der Waals surface area contributed by atoms with Crippen LogP contribution in [0.5, 0.6) is 0 Å². The molecule has 0 radical (unpaired) electrons. The standard InChI is InChI=1S/C23H29FN4O2S/c1-3-23(18-7-10-27(11-8-18)14-17-5-4-6-19(24)13-17)21(29)28(22(30)26-23)12-9-20-16(2)25-15-31-20/h4-6,13,15,18H,3,7-12,14H2,1-2H3,(H,26,30). The van der Waals surface area contributed by atoms with E-state index in [-0.39, 0.29) is 23.7 Å². The lowest BCUT2D eigenvalue weighted by atomic mass is 9.75. The smallest absolute Gasteiger partial charge is 0.323 e. The molecular weight excluding hydrogens is 415 g/mol. The van der Waals surface area contributed by atoms with E-state index in [0.717, 1.165) is 42.1 Å². The quantitative estimate of drug-likeness (QED) is 0.661. The van der Waals surface area contributed by atoms with Gasteiger partial charge in [-0.05, 0) is 62.9 Å². The van der Waals surface area contributed by atoms with Gasteiger partial charge in [-0.2, -0.15) is 0 Å². The second-order valence-corrected chi connectivity index (χ2v) is 9.44. The van der Waals surface area contributed by atoms with E-state index < -0.39 is 5.54 Å². The third-order valence-corrected chi connectivity index (χ3v) is 7.74.